The van der Waals surface area contributed by atoms with Gasteiger partial charge in [0.15, 0.2) is 5.78 Å². The molecule has 166 valence electrons. The van der Waals surface area contributed by atoms with E-state index >= 15 is 0 Å². The molecular weight excluding hydrogens is 418 g/mol. The molecule has 0 saturated heterocycles. The van der Waals surface area contributed by atoms with E-state index in [4.69, 9.17) is 9.26 Å². The molecule has 7 nitrogen and oxygen atoms in total. The van der Waals surface area contributed by atoms with Crippen LogP contribution in [0, 0.1) is 6.92 Å². The molecule has 2 aromatic heterocycles. The van der Waals surface area contributed by atoms with E-state index in [-0.39, 0.29) is 17.7 Å². The summed E-state index contributed by atoms with van der Waals surface area (Å²) in [7, 11) is 0. The molecule has 0 radical (unpaired) electrons. The number of aryl methyl sites for hydroxylation is 1. The number of nitrogens with zero attached hydrogens (tertiary/aromatic N) is 1. The lowest BCUT2D eigenvalue weighted by Gasteiger charge is -2.25. The average molecular weight is 441 g/mol. The van der Waals surface area contributed by atoms with Gasteiger partial charge in [0, 0.05) is 23.4 Å². The number of aromatic amines is 1. The zero-order valence-corrected chi connectivity index (χ0v) is 18.1. The van der Waals surface area contributed by atoms with Crippen molar-refractivity contribution in [3.63, 3.8) is 0 Å². The van der Waals surface area contributed by atoms with Gasteiger partial charge in [-0.25, -0.2) is 0 Å². The number of ether oxygens (including phenoxy) is 1. The largest absolute Gasteiger partial charge is 0.457 e. The number of carbonyl (C=O) groups excluding carboxylic acids is 2. The van der Waals surface area contributed by atoms with Gasteiger partial charge in [0.2, 0.25) is 0 Å². The quantitative estimate of drug-likeness (QED) is 0.380. The molecule has 0 aliphatic heterocycles. The van der Waals surface area contributed by atoms with E-state index < -0.39 is 0 Å². The number of carbonyl (C=O) groups is 2. The molecule has 5 rings (SSSR count). The summed E-state index contributed by atoms with van der Waals surface area (Å²) in [6.45, 7) is 1.70. The molecule has 1 aliphatic rings. The Hall–Kier alpha value is -4.13. The number of nitrogens with one attached hydrogen (secondary N) is 2. The Bertz CT molecular complexity index is 1280. The smallest absolute Gasteiger partial charge is 0.267 e. The molecule has 7 heteroatoms. The zero-order valence-electron chi connectivity index (χ0n) is 18.1. The molecule has 2 N–H and O–H groups in total. The first-order chi connectivity index (χ1) is 16.1. The maximum atomic E-state index is 13.3. The van der Waals surface area contributed by atoms with Crippen LogP contribution < -0.4 is 10.1 Å². The van der Waals surface area contributed by atoms with E-state index in [1.165, 1.54) is 0 Å². The number of rotatable bonds is 7. The molecule has 1 saturated carbocycles. The second kappa shape index (κ2) is 8.78. The van der Waals surface area contributed by atoms with Crippen LogP contribution in [0.3, 0.4) is 0 Å². The van der Waals surface area contributed by atoms with Crippen LogP contribution in [0.15, 0.2) is 71.4 Å². The van der Waals surface area contributed by atoms with Gasteiger partial charge in [-0.15, -0.1) is 0 Å². The first-order valence-electron chi connectivity index (χ1n) is 10.9. The average Bonchev–Trinajstić information content (AvgIpc) is 3.44. The molecule has 0 spiro atoms. The van der Waals surface area contributed by atoms with Crippen LogP contribution in [-0.4, -0.2) is 27.9 Å². The van der Waals surface area contributed by atoms with Gasteiger partial charge in [0.25, 0.3) is 5.91 Å². The van der Waals surface area contributed by atoms with Gasteiger partial charge in [0.05, 0.1) is 5.56 Å². The molecule has 4 aromatic rings. The molecule has 1 amide bonds. The molecule has 0 unspecified atom stereocenters. The highest BCUT2D eigenvalue weighted by molar-refractivity contribution is 6.13. The normalized spacial score (nSPS) is 13.4. The standard InChI is InChI=1S/C26H23N3O4/c1-16-23(25(30)18-14-22(27-15-18)26(31)28-19-6-5-7-19)24(29-33-16)17-10-12-21(13-11-17)32-20-8-3-2-4-9-20/h2-4,8-15,19,27H,5-7H2,1H3,(H,28,31). The van der Waals surface area contributed by atoms with E-state index in [1.54, 1.807) is 19.2 Å². The second-order valence-corrected chi connectivity index (χ2v) is 8.13. The Labute approximate surface area is 190 Å². The summed E-state index contributed by atoms with van der Waals surface area (Å²) in [5.74, 6) is 1.37. The summed E-state index contributed by atoms with van der Waals surface area (Å²) >= 11 is 0. The number of ketones is 1. The molecule has 2 aromatic carbocycles. The second-order valence-electron chi connectivity index (χ2n) is 8.13. The van der Waals surface area contributed by atoms with E-state index in [9.17, 15) is 9.59 Å². The van der Waals surface area contributed by atoms with Crippen LogP contribution >= 0.6 is 0 Å². The summed E-state index contributed by atoms with van der Waals surface area (Å²) in [6.07, 6.45) is 4.67. The lowest BCUT2D eigenvalue weighted by molar-refractivity contribution is 0.0912. The van der Waals surface area contributed by atoms with Gasteiger partial charge in [0.1, 0.15) is 28.6 Å². The highest BCUT2D eigenvalue weighted by Crippen LogP contribution is 2.30. The maximum absolute atomic E-state index is 13.3. The molecule has 1 aliphatic carbocycles. The van der Waals surface area contributed by atoms with Crippen molar-refractivity contribution in [2.24, 2.45) is 0 Å². The summed E-state index contributed by atoms with van der Waals surface area (Å²) in [4.78, 5) is 28.6. The summed E-state index contributed by atoms with van der Waals surface area (Å²) < 4.78 is 11.2. The lowest BCUT2D eigenvalue weighted by atomic mass is 9.93. The Morgan fingerprint density at radius 3 is 2.48 bits per heavy atom. The number of benzene rings is 2. The fraction of sp³-hybridized carbons (Fsp3) is 0.192. The molecule has 0 atom stereocenters. The minimum absolute atomic E-state index is 0.199. The number of para-hydroxylation sites is 1. The van der Waals surface area contributed by atoms with Gasteiger partial charge in [-0.1, -0.05) is 23.4 Å². The Balaban J connectivity index is 1.36. The van der Waals surface area contributed by atoms with Crippen molar-refractivity contribution in [1.29, 1.82) is 0 Å². The van der Waals surface area contributed by atoms with E-state index in [0.29, 0.717) is 34.0 Å². The number of hydrogen-bond donors (Lipinski definition) is 2. The fourth-order valence-electron chi connectivity index (χ4n) is 3.76. The van der Waals surface area contributed by atoms with Crippen LogP contribution in [0.1, 0.15) is 51.4 Å². The summed E-state index contributed by atoms with van der Waals surface area (Å²) in [5, 5.41) is 7.09. The minimum atomic E-state index is -0.257. The van der Waals surface area contributed by atoms with E-state index in [0.717, 1.165) is 30.6 Å². The van der Waals surface area contributed by atoms with Crippen LogP contribution in [0.4, 0.5) is 0 Å². The van der Waals surface area contributed by atoms with Crippen LogP contribution in [0.2, 0.25) is 0 Å². The van der Waals surface area contributed by atoms with Crippen LogP contribution in [-0.2, 0) is 0 Å². The molecule has 33 heavy (non-hydrogen) atoms. The fourth-order valence-corrected chi connectivity index (χ4v) is 3.76. The van der Waals surface area contributed by atoms with Crippen molar-refractivity contribution in [3.05, 3.63) is 89.4 Å². The first kappa shape index (κ1) is 20.8. The lowest BCUT2D eigenvalue weighted by Crippen LogP contribution is -2.39. The molecular formula is C26H23N3O4. The van der Waals surface area contributed by atoms with Crippen molar-refractivity contribution in [1.82, 2.24) is 15.5 Å². The van der Waals surface area contributed by atoms with Gasteiger partial charge in [-0.05, 0) is 68.7 Å². The Morgan fingerprint density at radius 1 is 1.06 bits per heavy atom. The van der Waals surface area contributed by atoms with Crippen LogP contribution in [0.5, 0.6) is 11.5 Å². The van der Waals surface area contributed by atoms with E-state index in [1.807, 2.05) is 54.6 Å². The van der Waals surface area contributed by atoms with Gasteiger partial charge < -0.3 is 19.6 Å². The monoisotopic (exact) mass is 441 g/mol. The molecule has 1 fully saturated rings. The summed E-state index contributed by atoms with van der Waals surface area (Å²) in [6, 6.07) is 18.6. The zero-order chi connectivity index (χ0) is 22.8. The van der Waals surface area contributed by atoms with Crippen molar-refractivity contribution in [2.45, 2.75) is 32.2 Å². The van der Waals surface area contributed by atoms with Crippen molar-refractivity contribution < 1.29 is 18.8 Å². The predicted molar refractivity (Wildman–Crippen MR) is 123 cm³/mol. The highest BCUT2D eigenvalue weighted by atomic mass is 16.5. The maximum Gasteiger partial charge on any atom is 0.267 e. The van der Waals surface area contributed by atoms with Gasteiger partial charge in [-0.3, -0.25) is 9.59 Å². The SMILES string of the molecule is Cc1onc(-c2ccc(Oc3ccccc3)cc2)c1C(=O)c1c[nH]c(C(=O)NC2CCC2)c1. The van der Waals surface area contributed by atoms with Gasteiger partial charge >= 0.3 is 0 Å². The predicted octanol–water partition coefficient (Wildman–Crippen LogP) is 5.28. The van der Waals surface area contributed by atoms with Gasteiger partial charge in [-0.2, -0.15) is 0 Å². The van der Waals surface area contributed by atoms with Crippen molar-refractivity contribution in [3.8, 4) is 22.8 Å². The number of hydrogen-bond acceptors (Lipinski definition) is 5. The molecule has 0 bridgehead atoms. The third kappa shape index (κ3) is 4.30. The van der Waals surface area contributed by atoms with E-state index in [2.05, 4.69) is 15.5 Å². The van der Waals surface area contributed by atoms with Crippen molar-refractivity contribution in [2.75, 3.05) is 0 Å². The number of aromatic nitrogens is 2. The highest BCUT2D eigenvalue weighted by Gasteiger charge is 2.25. The molecule has 2 heterocycles. The Morgan fingerprint density at radius 2 is 1.79 bits per heavy atom. The number of amides is 1. The third-order valence-corrected chi connectivity index (χ3v) is 5.83. The van der Waals surface area contributed by atoms with Crippen LogP contribution in [0.25, 0.3) is 11.3 Å². The van der Waals surface area contributed by atoms with Crippen molar-refractivity contribution >= 4 is 11.7 Å². The topological polar surface area (TPSA) is 97.2 Å². The Kier molecular flexibility index (Phi) is 5.52. The summed E-state index contributed by atoms with van der Waals surface area (Å²) in [5.41, 5.74) is 2.30. The number of H-pyrrole nitrogens is 1. The third-order valence-electron chi connectivity index (χ3n) is 5.83. The first-order valence-corrected chi connectivity index (χ1v) is 10.9. The minimum Gasteiger partial charge on any atom is -0.457 e.